The van der Waals surface area contributed by atoms with Crippen LogP contribution < -0.4 is 0 Å². The van der Waals surface area contributed by atoms with Crippen LogP contribution in [0.5, 0.6) is 0 Å². The molecule has 1 N–H and O–H groups in total. The van der Waals surface area contributed by atoms with Crippen LogP contribution in [0.15, 0.2) is 17.8 Å². The number of aryl methyl sites for hydroxylation is 1. The lowest BCUT2D eigenvalue weighted by atomic mass is 10.1. The summed E-state index contributed by atoms with van der Waals surface area (Å²) in [4.78, 5) is 9.56. The average molecular weight is 335 g/mol. The van der Waals surface area contributed by atoms with Crippen LogP contribution in [0.2, 0.25) is 0 Å². The molecule has 0 radical (unpaired) electrons. The van der Waals surface area contributed by atoms with Gasteiger partial charge < -0.3 is 5.11 Å². The summed E-state index contributed by atoms with van der Waals surface area (Å²) in [6, 6.07) is 0.467. The molecule has 0 spiro atoms. The monoisotopic (exact) mass is 335 g/mol. The van der Waals surface area contributed by atoms with Crippen LogP contribution in [0.25, 0.3) is 10.6 Å². The molecule has 0 bridgehead atoms. The molecule has 0 saturated carbocycles. The fraction of sp³-hybridized carbons (Fsp3) is 0.625. The fourth-order valence-corrected chi connectivity index (χ4v) is 3.88. The van der Waals surface area contributed by atoms with Crippen LogP contribution in [-0.2, 0) is 13.6 Å². The summed E-state index contributed by atoms with van der Waals surface area (Å²) >= 11 is 1.68. The van der Waals surface area contributed by atoms with Gasteiger partial charge in [0.2, 0.25) is 0 Å². The van der Waals surface area contributed by atoms with E-state index in [1.165, 1.54) is 0 Å². The molecule has 2 atom stereocenters. The van der Waals surface area contributed by atoms with E-state index in [1.54, 1.807) is 16.0 Å². The number of β-amino-alcohol motifs (C(OH)–C–C–N with tert-alkyl or cyclic N) is 1. The third-order valence-electron chi connectivity index (χ3n) is 4.24. The zero-order valence-corrected chi connectivity index (χ0v) is 14.8. The van der Waals surface area contributed by atoms with Gasteiger partial charge in [-0.2, -0.15) is 5.10 Å². The summed E-state index contributed by atoms with van der Waals surface area (Å²) in [5.74, 6) is 0. The standard InChI is InChI=1S/C16H25N5OS/c1-12-7-20(4-5-21(12)8-13(2)22)10-15-11-23-16(18-15)14-6-17-19(3)9-14/h6,9,11-13,22H,4-5,7-8,10H2,1-3H3/t12-,13+/m1/s1. The van der Waals surface area contributed by atoms with Gasteiger partial charge in [0.15, 0.2) is 0 Å². The van der Waals surface area contributed by atoms with Crippen molar-refractivity contribution in [3.8, 4) is 10.6 Å². The van der Waals surface area contributed by atoms with Gasteiger partial charge in [0, 0.05) is 63.0 Å². The minimum atomic E-state index is -0.260. The van der Waals surface area contributed by atoms with Gasteiger partial charge in [-0.3, -0.25) is 14.5 Å². The highest BCUT2D eigenvalue weighted by atomic mass is 32.1. The van der Waals surface area contributed by atoms with Crippen molar-refractivity contribution in [2.45, 2.75) is 32.5 Å². The molecule has 7 heteroatoms. The number of aliphatic hydroxyl groups is 1. The Morgan fingerprint density at radius 1 is 1.43 bits per heavy atom. The summed E-state index contributed by atoms with van der Waals surface area (Å²) in [7, 11) is 1.92. The summed E-state index contributed by atoms with van der Waals surface area (Å²) in [5.41, 5.74) is 2.21. The molecule has 23 heavy (non-hydrogen) atoms. The average Bonchev–Trinajstić information content (AvgIpc) is 3.10. The Labute approximate surface area is 141 Å². The van der Waals surface area contributed by atoms with Crippen LogP contribution in [0, 0.1) is 0 Å². The molecule has 0 aliphatic carbocycles. The predicted octanol–water partition coefficient (Wildman–Crippen LogP) is 1.43. The molecule has 1 saturated heterocycles. The summed E-state index contributed by atoms with van der Waals surface area (Å²) in [6.45, 7) is 8.79. The molecular weight excluding hydrogens is 310 g/mol. The molecule has 2 aromatic rings. The first-order valence-corrected chi connectivity index (χ1v) is 8.97. The molecular formula is C16H25N5OS. The minimum Gasteiger partial charge on any atom is -0.392 e. The van der Waals surface area contributed by atoms with E-state index < -0.39 is 0 Å². The number of thiazole rings is 1. The predicted molar refractivity (Wildman–Crippen MR) is 92.3 cm³/mol. The second-order valence-electron chi connectivity index (χ2n) is 6.47. The Hall–Kier alpha value is -1.28. The molecule has 1 fully saturated rings. The van der Waals surface area contributed by atoms with E-state index in [2.05, 4.69) is 27.2 Å². The maximum atomic E-state index is 9.57. The SMILES string of the molecule is C[C@H](O)CN1CCN(Cc2csc(-c3cnn(C)c3)n2)C[C@H]1C. The van der Waals surface area contributed by atoms with Crippen molar-refractivity contribution in [3.63, 3.8) is 0 Å². The normalized spacial score (nSPS) is 21.7. The highest BCUT2D eigenvalue weighted by Crippen LogP contribution is 2.24. The number of aromatic nitrogens is 3. The Morgan fingerprint density at radius 2 is 2.26 bits per heavy atom. The second kappa shape index (κ2) is 7.09. The second-order valence-corrected chi connectivity index (χ2v) is 7.33. The maximum absolute atomic E-state index is 9.57. The summed E-state index contributed by atoms with van der Waals surface area (Å²) in [5, 5.41) is 17.0. The lowest BCUT2D eigenvalue weighted by molar-refractivity contribution is 0.0419. The van der Waals surface area contributed by atoms with Crippen molar-refractivity contribution in [1.29, 1.82) is 0 Å². The number of hydrogen-bond acceptors (Lipinski definition) is 6. The molecule has 0 amide bonds. The van der Waals surface area contributed by atoms with E-state index in [1.807, 2.05) is 26.4 Å². The van der Waals surface area contributed by atoms with Gasteiger partial charge in [0.1, 0.15) is 5.01 Å². The molecule has 3 heterocycles. The molecule has 126 valence electrons. The van der Waals surface area contributed by atoms with E-state index in [0.717, 1.165) is 49.0 Å². The van der Waals surface area contributed by atoms with E-state index in [-0.39, 0.29) is 6.10 Å². The number of rotatable bonds is 5. The van der Waals surface area contributed by atoms with Crippen molar-refractivity contribution in [1.82, 2.24) is 24.6 Å². The highest BCUT2D eigenvalue weighted by molar-refractivity contribution is 7.13. The largest absolute Gasteiger partial charge is 0.392 e. The molecule has 1 aliphatic heterocycles. The minimum absolute atomic E-state index is 0.260. The topological polar surface area (TPSA) is 57.4 Å². The van der Waals surface area contributed by atoms with Crippen molar-refractivity contribution in [2.24, 2.45) is 7.05 Å². The third-order valence-corrected chi connectivity index (χ3v) is 5.18. The number of aliphatic hydroxyl groups excluding tert-OH is 1. The lowest BCUT2D eigenvalue weighted by Gasteiger charge is -2.40. The Balaban J connectivity index is 1.57. The van der Waals surface area contributed by atoms with Crippen molar-refractivity contribution in [2.75, 3.05) is 26.2 Å². The van der Waals surface area contributed by atoms with E-state index in [9.17, 15) is 5.11 Å². The van der Waals surface area contributed by atoms with Crippen LogP contribution in [0.3, 0.4) is 0 Å². The summed E-state index contributed by atoms with van der Waals surface area (Å²) < 4.78 is 1.81. The fourth-order valence-electron chi connectivity index (χ4n) is 3.10. The first-order valence-electron chi connectivity index (χ1n) is 8.09. The van der Waals surface area contributed by atoms with Gasteiger partial charge in [-0.25, -0.2) is 4.98 Å². The third kappa shape index (κ3) is 4.17. The van der Waals surface area contributed by atoms with Crippen molar-refractivity contribution >= 4 is 11.3 Å². The highest BCUT2D eigenvalue weighted by Gasteiger charge is 2.24. The molecule has 3 rings (SSSR count). The van der Waals surface area contributed by atoms with Crippen molar-refractivity contribution in [3.05, 3.63) is 23.5 Å². The Kier molecular flexibility index (Phi) is 5.11. The van der Waals surface area contributed by atoms with E-state index >= 15 is 0 Å². The van der Waals surface area contributed by atoms with Gasteiger partial charge in [0.05, 0.1) is 18.0 Å². The van der Waals surface area contributed by atoms with Gasteiger partial charge in [-0.05, 0) is 13.8 Å². The van der Waals surface area contributed by atoms with Gasteiger partial charge in [-0.15, -0.1) is 11.3 Å². The zero-order chi connectivity index (χ0) is 16.4. The Morgan fingerprint density at radius 3 is 2.91 bits per heavy atom. The zero-order valence-electron chi connectivity index (χ0n) is 14.0. The number of hydrogen-bond donors (Lipinski definition) is 1. The van der Waals surface area contributed by atoms with Gasteiger partial charge >= 0.3 is 0 Å². The smallest absolute Gasteiger partial charge is 0.126 e. The van der Waals surface area contributed by atoms with Gasteiger partial charge in [0.25, 0.3) is 0 Å². The molecule has 2 aromatic heterocycles. The molecule has 6 nitrogen and oxygen atoms in total. The first kappa shape index (κ1) is 16.6. The maximum Gasteiger partial charge on any atom is 0.126 e. The van der Waals surface area contributed by atoms with Crippen molar-refractivity contribution < 1.29 is 5.11 Å². The van der Waals surface area contributed by atoms with Crippen LogP contribution in [0.4, 0.5) is 0 Å². The quantitative estimate of drug-likeness (QED) is 0.896. The molecule has 0 aromatic carbocycles. The summed E-state index contributed by atoms with van der Waals surface area (Å²) in [6.07, 6.45) is 3.60. The van der Waals surface area contributed by atoms with E-state index in [4.69, 9.17) is 4.98 Å². The van der Waals surface area contributed by atoms with Crippen LogP contribution in [-0.4, -0.2) is 68.0 Å². The van der Waals surface area contributed by atoms with Crippen LogP contribution in [0.1, 0.15) is 19.5 Å². The molecule has 0 unspecified atom stereocenters. The lowest BCUT2D eigenvalue weighted by Crippen LogP contribution is -2.53. The van der Waals surface area contributed by atoms with Gasteiger partial charge in [-0.1, -0.05) is 0 Å². The van der Waals surface area contributed by atoms with E-state index in [0.29, 0.717) is 6.04 Å². The Bertz CT molecular complexity index is 638. The number of nitrogens with zero attached hydrogens (tertiary/aromatic N) is 5. The number of piperazine rings is 1. The van der Waals surface area contributed by atoms with Crippen LogP contribution >= 0.6 is 11.3 Å². The first-order chi connectivity index (χ1) is 11.0. The molecule has 1 aliphatic rings.